The van der Waals surface area contributed by atoms with E-state index in [1.54, 1.807) is 6.21 Å². The Balaban J connectivity index is 2.42. The maximum atomic E-state index is 9.77. The van der Waals surface area contributed by atoms with E-state index in [4.69, 9.17) is 4.74 Å². The largest absolute Gasteiger partial charge is 0.344 e. The Morgan fingerprint density at radius 2 is 2.86 bits per heavy atom. The molecule has 0 saturated heterocycles. The first-order valence-corrected chi connectivity index (χ1v) is 2.02. The van der Waals surface area contributed by atoms with Gasteiger partial charge in [-0.25, -0.2) is 0 Å². The van der Waals surface area contributed by atoms with Crippen LogP contribution in [0.15, 0.2) is 4.99 Å². The molecule has 0 N–H and O–H groups in total. The molecule has 1 aliphatic rings. The van der Waals surface area contributed by atoms with Crippen molar-refractivity contribution in [2.75, 3.05) is 6.61 Å². The normalized spacial score (nSPS) is 28.3. The first kappa shape index (κ1) is 4.46. The third-order valence-electron chi connectivity index (χ3n) is 0.710. The van der Waals surface area contributed by atoms with Gasteiger partial charge in [0.25, 0.3) is 0 Å². The van der Waals surface area contributed by atoms with Gasteiger partial charge in [-0.05, 0) is 0 Å². The summed E-state index contributed by atoms with van der Waals surface area (Å²) in [6.45, 7) is 0.476. The quantitative estimate of drug-likeness (QED) is 0.420. The van der Waals surface area contributed by atoms with Gasteiger partial charge in [0.05, 0.1) is 6.61 Å². The summed E-state index contributed by atoms with van der Waals surface area (Å²) in [7, 11) is 0. The lowest BCUT2D eigenvalue weighted by atomic mass is 10.7. The number of nitrogens with zero attached hydrogens (tertiary/aromatic N) is 1. The van der Waals surface area contributed by atoms with E-state index in [2.05, 4.69) is 4.99 Å². The van der Waals surface area contributed by atoms with Crippen molar-refractivity contribution < 1.29 is 9.53 Å². The van der Waals surface area contributed by atoms with Crippen LogP contribution in [-0.2, 0) is 9.53 Å². The molecule has 1 rings (SSSR count). The average Bonchev–Trinajstić information content (AvgIpc) is 2.14. The van der Waals surface area contributed by atoms with E-state index in [0.29, 0.717) is 12.9 Å². The molecule has 0 amide bonds. The molecule has 0 aromatic heterocycles. The van der Waals surface area contributed by atoms with Gasteiger partial charge in [0.2, 0.25) is 6.23 Å². The third kappa shape index (κ3) is 0.838. The van der Waals surface area contributed by atoms with Crippen LogP contribution in [0.4, 0.5) is 0 Å². The van der Waals surface area contributed by atoms with E-state index in [1.165, 1.54) is 0 Å². The molecule has 0 radical (unpaired) electrons. The molecule has 1 heterocycles. The molecule has 0 aliphatic carbocycles. The highest BCUT2D eigenvalue weighted by Crippen LogP contribution is 1.93. The molecule has 1 aliphatic heterocycles. The standard InChI is InChI=1S/C4H5NO2/c6-3-4-5-1-2-7-4/h1,3-4H,2H2. The highest BCUT2D eigenvalue weighted by atomic mass is 16.5. The van der Waals surface area contributed by atoms with Gasteiger partial charge in [0.15, 0.2) is 6.29 Å². The summed E-state index contributed by atoms with van der Waals surface area (Å²) in [6.07, 6.45) is 1.74. The molecule has 0 bridgehead atoms. The number of rotatable bonds is 1. The third-order valence-corrected chi connectivity index (χ3v) is 0.710. The Bertz CT molecular complexity index is 99.9. The van der Waals surface area contributed by atoms with Crippen molar-refractivity contribution in [1.29, 1.82) is 0 Å². The van der Waals surface area contributed by atoms with Gasteiger partial charge < -0.3 is 4.74 Å². The van der Waals surface area contributed by atoms with Crippen molar-refractivity contribution >= 4 is 12.5 Å². The minimum atomic E-state index is -0.514. The van der Waals surface area contributed by atoms with Gasteiger partial charge in [-0.3, -0.25) is 9.79 Å². The van der Waals surface area contributed by atoms with E-state index in [9.17, 15) is 4.79 Å². The molecule has 0 aromatic rings. The van der Waals surface area contributed by atoms with E-state index in [-0.39, 0.29) is 0 Å². The highest BCUT2D eigenvalue weighted by Gasteiger charge is 2.05. The van der Waals surface area contributed by atoms with Gasteiger partial charge >= 0.3 is 0 Å². The summed E-state index contributed by atoms with van der Waals surface area (Å²) < 4.78 is 4.71. The van der Waals surface area contributed by atoms with Crippen molar-refractivity contribution in [1.82, 2.24) is 0 Å². The van der Waals surface area contributed by atoms with Crippen molar-refractivity contribution in [2.45, 2.75) is 6.23 Å². The number of aldehydes is 1. The fourth-order valence-electron chi connectivity index (χ4n) is 0.406. The van der Waals surface area contributed by atoms with Crippen molar-refractivity contribution in [3.8, 4) is 0 Å². The molecule has 0 aromatic carbocycles. The predicted molar refractivity (Wildman–Crippen MR) is 24.3 cm³/mol. The van der Waals surface area contributed by atoms with Crippen LogP contribution < -0.4 is 0 Å². The lowest BCUT2D eigenvalue weighted by Gasteiger charge is -1.91. The minimum absolute atomic E-state index is 0.476. The average molecular weight is 99.1 g/mol. The predicted octanol–water partition coefficient (Wildman–Crippen LogP) is -0.388. The Morgan fingerprint density at radius 1 is 2.00 bits per heavy atom. The second kappa shape index (κ2) is 1.84. The maximum Gasteiger partial charge on any atom is 0.204 e. The smallest absolute Gasteiger partial charge is 0.204 e. The summed E-state index contributed by atoms with van der Waals surface area (Å²) in [4.78, 5) is 13.4. The first-order valence-electron chi connectivity index (χ1n) is 2.02. The number of aliphatic imine (C=N–C) groups is 1. The van der Waals surface area contributed by atoms with Gasteiger partial charge in [-0.15, -0.1) is 0 Å². The van der Waals surface area contributed by atoms with Crippen molar-refractivity contribution in [3.05, 3.63) is 0 Å². The fourth-order valence-corrected chi connectivity index (χ4v) is 0.406. The SMILES string of the molecule is O=CC1N=CCO1. The number of carbonyl (C=O) groups excluding carboxylic acids is 1. The molecule has 3 heteroatoms. The van der Waals surface area contributed by atoms with Gasteiger partial charge in [-0.2, -0.15) is 0 Å². The highest BCUT2D eigenvalue weighted by molar-refractivity contribution is 5.67. The van der Waals surface area contributed by atoms with Crippen molar-refractivity contribution in [3.63, 3.8) is 0 Å². The van der Waals surface area contributed by atoms with Crippen LogP contribution in [-0.4, -0.2) is 25.3 Å². The monoisotopic (exact) mass is 99.0 g/mol. The minimum Gasteiger partial charge on any atom is -0.344 e. The number of hydrogen-bond donors (Lipinski definition) is 0. The molecule has 0 saturated carbocycles. The second-order valence-corrected chi connectivity index (χ2v) is 1.19. The number of carbonyl (C=O) groups is 1. The molecule has 7 heavy (non-hydrogen) atoms. The molecule has 1 unspecified atom stereocenters. The van der Waals surface area contributed by atoms with Crippen LogP contribution in [0, 0.1) is 0 Å². The van der Waals surface area contributed by atoms with Crippen LogP contribution in [0.2, 0.25) is 0 Å². The van der Waals surface area contributed by atoms with Crippen LogP contribution in [0.1, 0.15) is 0 Å². The summed E-state index contributed by atoms with van der Waals surface area (Å²) in [5.41, 5.74) is 0. The zero-order chi connectivity index (χ0) is 5.11. The first-order chi connectivity index (χ1) is 3.43. The summed E-state index contributed by atoms with van der Waals surface area (Å²) in [6, 6.07) is 0. The van der Waals surface area contributed by atoms with Crippen LogP contribution in [0.5, 0.6) is 0 Å². The van der Waals surface area contributed by atoms with Crippen LogP contribution in [0.3, 0.4) is 0 Å². The van der Waals surface area contributed by atoms with Crippen molar-refractivity contribution in [2.24, 2.45) is 4.99 Å². The van der Waals surface area contributed by atoms with Crippen LogP contribution in [0.25, 0.3) is 0 Å². The molecule has 1 atom stereocenters. The topological polar surface area (TPSA) is 38.7 Å². The van der Waals surface area contributed by atoms with Gasteiger partial charge in [0, 0.05) is 6.21 Å². The zero-order valence-electron chi connectivity index (χ0n) is 3.70. The zero-order valence-corrected chi connectivity index (χ0v) is 3.70. The maximum absolute atomic E-state index is 9.77. The van der Waals surface area contributed by atoms with Gasteiger partial charge in [0.1, 0.15) is 0 Å². The Labute approximate surface area is 41.0 Å². The summed E-state index contributed by atoms with van der Waals surface area (Å²) in [5, 5.41) is 0. The summed E-state index contributed by atoms with van der Waals surface area (Å²) in [5.74, 6) is 0. The number of hydrogen-bond acceptors (Lipinski definition) is 3. The van der Waals surface area contributed by atoms with E-state index in [1.807, 2.05) is 0 Å². The Morgan fingerprint density at radius 3 is 3.14 bits per heavy atom. The molecule has 3 nitrogen and oxygen atoms in total. The summed E-state index contributed by atoms with van der Waals surface area (Å²) >= 11 is 0. The molecular formula is C4H5NO2. The van der Waals surface area contributed by atoms with Gasteiger partial charge in [-0.1, -0.05) is 0 Å². The van der Waals surface area contributed by atoms with E-state index < -0.39 is 6.23 Å². The molecule has 0 spiro atoms. The molecule has 38 valence electrons. The second-order valence-electron chi connectivity index (χ2n) is 1.19. The number of ether oxygens (including phenoxy) is 1. The van der Waals surface area contributed by atoms with E-state index >= 15 is 0 Å². The fraction of sp³-hybridized carbons (Fsp3) is 0.500. The Hall–Kier alpha value is -0.700. The molecular weight excluding hydrogens is 94.0 g/mol. The Kier molecular flexibility index (Phi) is 1.17. The lowest BCUT2D eigenvalue weighted by Crippen LogP contribution is -2.03. The van der Waals surface area contributed by atoms with E-state index in [0.717, 1.165) is 0 Å². The molecule has 0 fully saturated rings. The lowest BCUT2D eigenvalue weighted by molar-refractivity contribution is -0.115. The van der Waals surface area contributed by atoms with Crippen LogP contribution >= 0.6 is 0 Å².